The Hall–Kier alpha value is -0.990. The molecule has 1 heterocycles. The van der Waals surface area contributed by atoms with Crippen LogP contribution >= 0.6 is 23.2 Å². The van der Waals surface area contributed by atoms with Crippen molar-refractivity contribution < 1.29 is 0 Å². The third-order valence-electron chi connectivity index (χ3n) is 1.94. The van der Waals surface area contributed by atoms with E-state index in [0.29, 0.717) is 16.6 Å². The van der Waals surface area contributed by atoms with Crippen molar-refractivity contribution in [3.8, 4) is 0 Å². The highest BCUT2D eigenvalue weighted by molar-refractivity contribution is 6.42. The lowest BCUT2D eigenvalue weighted by atomic mass is 10.2. The molecular weight excluding hydrogens is 219 g/mol. The molecule has 0 fully saturated rings. The van der Waals surface area contributed by atoms with Crippen molar-refractivity contribution in [3.63, 3.8) is 0 Å². The number of aromatic nitrogens is 2. The maximum Gasteiger partial charge on any atom is 0.0949 e. The van der Waals surface area contributed by atoms with E-state index in [1.807, 2.05) is 22.9 Å². The summed E-state index contributed by atoms with van der Waals surface area (Å²) in [6.07, 6.45) is 5.37. The first-order chi connectivity index (χ1) is 6.77. The topological polar surface area (TPSA) is 17.8 Å². The lowest BCUT2D eigenvalue weighted by Gasteiger charge is -2.05. The Morgan fingerprint density at radius 3 is 2.86 bits per heavy atom. The molecule has 0 spiro atoms. The molecule has 0 bridgehead atoms. The van der Waals surface area contributed by atoms with Crippen molar-refractivity contribution in [1.82, 2.24) is 9.55 Å². The fourth-order valence-corrected chi connectivity index (χ4v) is 1.63. The van der Waals surface area contributed by atoms with Crippen LogP contribution in [0.4, 0.5) is 0 Å². The third-order valence-corrected chi connectivity index (χ3v) is 2.80. The summed E-state index contributed by atoms with van der Waals surface area (Å²) in [5.74, 6) is 0. The molecule has 0 radical (unpaired) electrons. The van der Waals surface area contributed by atoms with Gasteiger partial charge in [0.25, 0.3) is 0 Å². The molecule has 72 valence electrons. The first-order valence-electron chi connectivity index (χ1n) is 4.16. The van der Waals surface area contributed by atoms with Crippen LogP contribution in [0.2, 0.25) is 10.0 Å². The smallest absolute Gasteiger partial charge is 0.0949 e. The van der Waals surface area contributed by atoms with Gasteiger partial charge >= 0.3 is 0 Å². The number of halogens is 2. The van der Waals surface area contributed by atoms with E-state index < -0.39 is 0 Å². The first-order valence-corrected chi connectivity index (χ1v) is 4.91. The molecule has 1 aromatic heterocycles. The number of nitrogens with zero attached hydrogens (tertiary/aromatic N) is 2. The SMILES string of the molecule is Clc1cccc(Cn2ccnc2)c1Cl. The molecule has 0 unspecified atom stereocenters. The summed E-state index contributed by atoms with van der Waals surface area (Å²) in [6.45, 7) is 0.694. The summed E-state index contributed by atoms with van der Waals surface area (Å²) in [6, 6.07) is 5.62. The molecule has 0 N–H and O–H groups in total. The van der Waals surface area contributed by atoms with E-state index in [1.165, 1.54) is 0 Å². The van der Waals surface area contributed by atoms with Crippen LogP contribution < -0.4 is 0 Å². The van der Waals surface area contributed by atoms with Gasteiger partial charge < -0.3 is 4.57 Å². The van der Waals surface area contributed by atoms with E-state index >= 15 is 0 Å². The van der Waals surface area contributed by atoms with Gasteiger partial charge in [0.05, 0.1) is 22.9 Å². The molecule has 14 heavy (non-hydrogen) atoms. The van der Waals surface area contributed by atoms with Crippen molar-refractivity contribution in [2.75, 3.05) is 0 Å². The molecule has 0 saturated heterocycles. The minimum atomic E-state index is 0.587. The van der Waals surface area contributed by atoms with Crippen molar-refractivity contribution in [2.24, 2.45) is 0 Å². The monoisotopic (exact) mass is 226 g/mol. The second-order valence-corrected chi connectivity index (χ2v) is 3.73. The molecule has 2 rings (SSSR count). The van der Waals surface area contributed by atoms with Gasteiger partial charge in [0.15, 0.2) is 0 Å². The van der Waals surface area contributed by atoms with Crippen LogP contribution in [0.15, 0.2) is 36.9 Å². The van der Waals surface area contributed by atoms with Gasteiger partial charge in [-0.25, -0.2) is 4.98 Å². The molecule has 0 atom stereocenters. The van der Waals surface area contributed by atoms with Gasteiger partial charge in [-0.05, 0) is 11.6 Å². The van der Waals surface area contributed by atoms with Crippen LogP contribution in [0.3, 0.4) is 0 Å². The predicted molar refractivity (Wildman–Crippen MR) is 57.8 cm³/mol. The Bertz CT molecular complexity index is 424. The highest BCUT2D eigenvalue weighted by Crippen LogP contribution is 2.25. The van der Waals surface area contributed by atoms with Gasteiger partial charge in [-0.15, -0.1) is 0 Å². The molecule has 4 heteroatoms. The summed E-state index contributed by atoms with van der Waals surface area (Å²) < 4.78 is 1.94. The molecule has 2 nitrogen and oxygen atoms in total. The standard InChI is InChI=1S/C10H8Cl2N2/c11-9-3-1-2-8(10(9)12)6-14-5-4-13-7-14/h1-5,7H,6H2. The predicted octanol–water partition coefficient (Wildman–Crippen LogP) is 3.24. The van der Waals surface area contributed by atoms with Gasteiger partial charge in [0, 0.05) is 12.4 Å². The van der Waals surface area contributed by atoms with Crippen molar-refractivity contribution in [2.45, 2.75) is 6.54 Å². The Balaban J connectivity index is 2.29. The summed E-state index contributed by atoms with van der Waals surface area (Å²) in [4.78, 5) is 3.96. The third kappa shape index (κ3) is 1.91. The Kier molecular flexibility index (Phi) is 2.75. The average molecular weight is 227 g/mol. The number of hydrogen-bond donors (Lipinski definition) is 0. The molecule has 0 aliphatic rings. The Labute approximate surface area is 92.1 Å². The molecule has 0 aliphatic carbocycles. The summed E-state index contributed by atoms with van der Waals surface area (Å²) in [5.41, 5.74) is 0.997. The Morgan fingerprint density at radius 1 is 1.29 bits per heavy atom. The minimum Gasteiger partial charge on any atom is -0.333 e. The average Bonchev–Trinajstić information content (AvgIpc) is 2.66. The van der Waals surface area contributed by atoms with Gasteiger partial charge in [-0.2, -0.15) is 0 Å². The van der Waals surface area contributed by atoms with Crippen molar-refractivity contribution in [1.29, 1.82) is 0 Å². The van der Waals surface area contributed by atoms with Gasteiger partial charge in [-0.1, -0.05) is 35.3 Å². The van der Waals surface area contributed by atoms with Crippen LogP contribution in [-0.2, 0) is 6.54 Å². The van der Waals surface area contributed by atoms with E-state index in [-0.39, 0.29) is 0 Å². The van der Waals surface area contributed by atoms with E-state index in [9.17, 15) is 0 Å². The molecule has 0 saturated carbocycles. The van der Waals surface area contributed by atoms with E-state index in [1.54, 1.807) is 18.6 Å². The zero-order valence-corrected chi connectivity index (χ0v) is 8.83. The summed E-state index contributed by atoms with van der Waals surface area (Å²) >= 11 is 11.9. The normalized spacial score (nSPS) is 10.4. The second kappa shape index (κ2) is 4.03. The molecule has 0 amide bonds. The van der Waals surface area contributed by atoms with Crippen LogP contribution in [0, 0.1) is 0 Å². The van der Waals surface area contributed by atoms with E-state index in [2.05, 4.69) is 4.98 Å². The lowest BCUT2D eigenvalue weighted by Crippen LogP contribution is -1.97. The van der Waals surface area contributed by atoms with Gasteiger partial charge in [0.1, 0.15) is 0 Å². The Morgan fingerprint density at radius 2 is 2.14 bits per heavy atom. The quantitative estimate of drug-likeness (QED) is 0.769. The molecular formula is C10H8Cl2N2. The fourth-order valence-electron chi connectivity index (χ4n) is 1.25. The van der Waals surface area contributed by atoms with Crippen LogP contribution in [0.25, 0.3) is 0 Å². The molecule has 1 aromatic carbocycles. The lowest BCUT2D eigenvalue weighted by molar-refractivity contribution is 0.797. The zero-order valence-electron chi connectivity index (χ0n) is 7.32. The van der Waals surface area contributed by atoms with Gasteiger partial charge in [0.2, 0.25) is 0 Å². The maximum absolute atomic E-state index is 6.04. The number of rotatable bonds is 2. The van der Waals surface area contributed by atoms with E-state index in [4.69, 9.17) is 23.2 Å². The second-order valence-electron chi connectivity index (χ2n) is 2.95. The minimum absolute atomic E-state index is 0.587. The van der Waals surface area contributed by atoms with Crippen LogP contribution in [0.1, 0.15) is 5.56 Å². The fraction of sp³-hybridized carbons (Fsp3) is 0.100. The van der Waals surface area contributed by atoms with Crippen molar-refractivity contribution in [3.05, 3.63) is 52.5 Å². The largest absolute Gasteiger partial charge is 0.333 e. The highest BCUT2D eigenvalue weighted by atomic mass is 35.5. The van der Waals surface area contributed by atoms with Gasteiger partial charge in [-0.3, -0.25) is 0 Å². The molecule has 2 aromatic rings. The van der Waals surface area contributed by atoms with Crippen molar-refractivity contribution >= 4 is 23.2 Å². The summed E-state index contributed by atoms with van der Waals surface area (Å²) in [7, 11) is 0. The number of hydrogen-bond acceptors (Lipinski definition) is 1. The number of benzene rings is 1. The van der Waals surface area contributed by atoms with E-state index in [0.717, 1.165) is 5.56 Å². The van der Waals surface area contributed by atoms with Crippen LogP contribution in [-0.4, -0.2) is 9.55 Å². The van der Waals surface area contributed by atoms with Crippen LogP contribution in [0.5, 0.6) is 0 Å². The highest BCUT2D eigenvalue weighted by Gasteiger charge is 2.03. The maximum atomic E-state index is 6.04. The molecule has 0 aliphatic heterocycles. The summed E-state index contributed by atoms with van der Waals surface area (Å²) in [5, 5.41) is 1.20. The first kappa shape index (κ1) is 9.56. The zero-order chi connectivity index (χ0) is 9.97. The number of imidazole rings is 1.